The summed E-state index contributed by atoms with van der Waals surface area (Å²) >= 11 is 1.02. The standard InChI is InChI=1S/C24H28N6O6S/c1-14(2)22(26-20(32)12-36-19-10-6-8-15-7-4-5-9-16(15)19)23(35)25-17(11-21(33)34)18(31)13-37-24-27-28-29-30(24)3/h4-10,14,17,22H,11-13H2,1-3H3,(H,25,35)(H,26,32)(H,33,34)/t17-,22-/m0/s1. The number of carboxylic acids is 1. The van der Waals surface area contributed by atoms with Crippen molar-refractivity contribution < 1.29 is 29.0 Å². The zero-order valence-corrected chi connectivity index (χ0v) is 21.4. The van der Waals surface area contributed by atoms with Crippen molar-refractivity contribution in [2.75, 3.05) is 12.4 Å². The second kappa shape index (κ2) is 12.8. The summed E-state index contributed by atoms with van der Waals surface area (Å²) in [6.07, 6.45) is -0.606. The van der Waals surface area contributed by atoms with Gasteiger partial charge >= 0.3 is 5.97 Å². The van der Waals surface area contributed by atoms with E-state index in [9.17, 15) is 24.3 Å². The molecule has 2 aromatic carbocycles. The first-order chi connectivity index (χ1) is 17.7. The largest absolute Gasteiger partial charge is 0.483 e. The van der Waals surface area contributed by atoms with Crippen molar-refractivity contribution in [3.05, 3.63) is 42.5 Å². The van der Waals surface area contributed by atoms with E-state index in [2.05, 4.69) is 26.2 Å². The van der Waals surface area contributed by atoms with Gasteiger partial charge < -0.3 is 20.5 Å². The molecule has 1 aromatic heterocycles. The number of aromatic nitrogens is 4. The van der Waals surface area contributed by atoms with Crippen LogP contribution in [0, 0.1) is 5.92 Å². The number of nitrogens with one attached hydrogen (secondary N) is 2. The first-order valence-electron chi connectivity index (χ1n) is 11.5. The predicted octanol–water partition coefficient (Wildman–Crippen LogP) is 1.20. The van der Waals surface area contributed by atoms with E-state index in [0.29, 0.717) is 10.9 Å². The minimum absolute atomic E-state index is 0.149. The number of carbonyl (C=O) groups is 4. The lowest BCUT2D eigenvalue weighted by molar-refractivity contribution is -0.140. The Kier molecular flexibility index (Phi) is 9.55. The zero-order chi connectivity index (χ0) is 26.9. The lowest BCUT2D eigenvalue weighted by atomic mass is 10.0. The van der Waals surface area contributed by atoms with Crippen LogP contribution in [0.2, 0.25) is 0 Å². The molecule has 12 nitrogen and oxygen atoms in total. The topological polar surface area (TPSA) is 165 Å². The fourth-order valence-electron chi connectivity index (χ4n) is 3.48. The first-order valence-corrected chi connectivity index (χ1v) is 12.4. The summed E-state index contributed by atoms with van der Waals surface area (Å²) in [5, 5.41) is 27.4. The highest BCUT2D eigenvalue weighted by atomic mass is 32.2. The van der Waals surface area contributed by atoms with E-state index in [4.69, 9.17) is 4.74 Å². The van der Waals surface area contributed by atoms with Crippen molar-refractivity contribution in [2.45, 2.75) is 37.5 Å². The van der Waals surface area contributed by atoms with Crippen LogP contribution in [0.5, 0.6) is 5.75 Å². The summed E-state index contributed by atoms with van der Waals surface area (Å²) < 4.78 is 7.06. The Labute approximate surface area is 217 Å². The van der Waals surface area contributed by atoms with Crippen LogP contribution in [0.25, 0.3) is 10.8 Å². The Morgan fingerprint density at radius 1 is 1.08 bits per heavy atom. The molecule has 196 valence electrons. The minimum Gasteiger partial charge on any atom is -0.483 e. The van der Waals surface area contributed by atoms with Gasteiger partial charge in [0.1, 0.15) is 11.8 Å². The van der Waals surface area contributed by atoms with Crippen LogP contribution in [0.1, 0.15) is 20.3 Å². The molecule has 13 heteroatoms. The number of thioether (sulfide) groups is 1. The van der Waals surface area contributed by atoms with Crippen molar-refractivity contribution in [3.8, 4) is 5.75 Å². The Morgan fingerprint density at radius 2 is 1.81 bits per heavy atom. The first kappa shape index (κ1) is 27.6. The Morgan fingerprint density at radius 3 is 2.49 bits per heavy atom. The van der Waals surface area contributed by atoms with Crippen LogP contribution in [-0.4, -0.2) is 73.3 Å². The molecular weight excluding hydrogens is 500 g/mol. The van der Waals surface area contributed by atoms with E-state index in [1.807, 2.05) is 36.4 Å². The van der Waals surface area contributed by atoms with E-state index < -0.39 is 42.1 Å². The molecule has 2 amide bonds. The maximum Gasteiger partial charge on any atom is 0.305 e. The van der Waals surface area contributed by atoms with Crippen molar-refractivity contribution >= 4 is 46.1 Å². The molecule has 0 radical (unpaired) electrons. The van der Waals surface area contributed by atoms with Crippen molar-refractivity contribution in [2.24, 2.45) is 13.0 Å². The third-order valence-electron chi connectivity index (χ3n) is 5.38. The van der Waals surface area contributed by atoms with Gasteiger partial charge in [0.15, 0.2) is 12.4 Å². The molecule has 2 atom stereocenters. The normalized spacial score (nSPS) is 12.6. The summed E-state index contributed by atoms with van der Waals surface area (Å²) in [5.41, 5.74) is 0. The summed E-state index contributed by atoms with van der Waals surface area (Å²) in [6, 6.07) is 10.8. The summed E-state index contributed by atoms with van der Waals surface area (Å²) in [7, 11) is 1.60. The highest BCUT2D eigenvalue weighted by Crippen LogP contribution is 2.25. The van der Waals surface area contributed by atoms with Gasteiger partial charge in [-0.25, -0.2) is 4.68 Å². The van der Waals surface area contributed by atoms with Crippen LogP contribution in [0.15, 0.2) is 47.6 Å². The number of ether oxygens (including phenoxy) is 1. The van der Waals surface area contributed by atoms with Gasteiger partial charge in [0, 0.05) is 12.4 Å². The molecule has 0 aliphatic rings. The molecular formula is C24H28N6O6S. The number of amides is 2. The van der Waals surface area contributed by atoms with Gasteiger partial charge in [0.25, 0.3) is 5.91 Å². The summed E-state index contributed by atoms with van der Waals surface area (Å²) in [5.74, 6) is -2.94. The average molecular weight is 529 g/mol. The van der Waals surface area contributed by atoms with E-state index in [1.165, 1.54) is 4.68 Å². The third kappa shape index (κ3) is 7.74. The van der Waals surface area contributed by atoms with E-state index >= 15 is 0 Å². The van der Waals surface area contributed by atoms with Gasteiger partial charge in [0.05, 0.1) is 18.2 Å². The number of ketones is 1. The maximum atomic E-state index is 13.0. The Balaban J connectivity index is 1.61. The van der Waals surface area contributed by atoms with Crippen LogP contribution < -0.4 is 15.4 Å². The molecule has 0 saturated carbocycles. The van der Waals surface area contributed by atoms with Crippen molar-refractivity contribution in [3.63, 3.8) is 0 Å². The number of nitrogens with zero attached hydrogens (tertiary/aromatic N) is 4. The number of aliphatic carboxylic acids is 1. The molecule has 3 rings (SSSR count). The fourth-order valence-corrected chi connectivity index (χ4v) is 4.27. The monoisotopic (exact) mass is 528 g/mol. The van der Waals surface area contributed by atoms with Gasteiger partial charge in [-0.15, -0.1) is 5.10 Å². The van der Waals surface area contributed by atoms with E-state index in [0.717, 1.165) is 22.5 Å². The summed E-state index contributed by atoms with van der Waals surface area (Å²) in [4.78, 5) is 49.7. The second-order valence-electron chi connectivity index (χ2n) is 8.55. The van der Waals surface area contributed by atoms with Crippen LogP contribution >= 0.6 is 11.8 Å². The van der Waals surface area contributed by atoms with E-state index in [1.54, 1.807) is 27.0 Å². The predicted molar refractivity (Wildman–Crippen MR) is 135 cm³/mol. The van der Waals surface area contributed by atoms with Gasteiger partial charge in [-0.3, -0.25) is 19.2 Å². The molecule has 3 N–H and O–H groups in total. The zero-order valence-electron chi connectivity index (χ0n) is 20.6. The smallest absolute Gasteiger partial charge is 0.305 e. The van der Waals surface area contributed by atoms with Crippen molar-refractivity contribution in [1.82, 2.24) is 30.8 Å². The lowest BCUT2D eigenvalue weighted by Gasteiger charge is -2.24. The number of hydrogen-bond acceptors (Lipinski definition) is 9. The SMILES string of the molecule is CC(C)[C@H](NC(=O)COc1cccc2ccccc12)C(=O)N[C@@H](CC(=O)O)C(=O)CSc1nnnn1C. The molecule has 0 bridgehead atoms. The highest BCUT2D eigenvalue weighted by molar-refractivity contribution is 7.99. The lowest BCUT2D eigenvalue weighted by Crippen LogP contribution is -2.55. The number of aryl methyl sites for hydroxylation is 1. The minimum atomic E-state index is -1.29. The molecule has 0 spiro atoms. The van der Waals surface area contributed by atoms with Gasteiger partial charge in [-0.2, -0.15) is 0 Å². The average Bonchev–Trinajstić information content (AvgIpc) is 3.28. The molecule has 0 unspecified atom stereocenters. The highest BCUT2D eigenvalue weighted by Gasteiger charge is 2.30. The van der Waals surface area contributed by atoms with Crippen molar-refractivity contribution in [1.29, 1.82) is 0 Å². The van der Waals surface area contributed by atoms with Gasteiger partial charge in [-0.1, -0.05) is 62.0 Å². The third-order valence-corrected chi connectivity index (χ3v) is 6.42. The van der Waals surface area contributed by atoms with Gasteiger partial charge in [-0.05, 0) is 27.8 Å². The quantitative estimate of drug-likeness (QED) is 0.274. The number of hydrogen-bond donors (Lipinski definition) is 3. The summed E-state index contributed by atoms with van der Waals surface area (Å²) in [6.45, 7) is 3.12. The Bertz CT molecular complexity index is 1270. The number of carbonyl (C=O) groups excluding carboxylic acids is 3. The number of benzene rings is 2. The number of rotatable bonds is 13. The molecule has 0 aliphatic heterocycles. The second-order valence-corrected chi connectivity index (χ2v) is 9.50. The van der Waals surface area contributed by atoms with Gasteiger partial charge in [0.2, 0.25) is 11.1 Å². The molecule has 37 heavy (non-hydrogen) atoms. The Hall–Kier alpha value is -4.00. The van der Waals surface area contributed by atoms with E-state index in [-0.39, 0.29) is 18.3 Å². The maximum absolute atomic E-state index is 13.0. The number of tetrazole rings is 1. The molecule has 1 heterocycles. The molecule has 3 aromatic rings. The number of fused-ring (bicyclic) bond motifs is 1. The molecule has 0 saturated heterocycles. The molecule has 0 aliphatic carbocycles. The number of carboxylic acid groups (broad SMARTS) is 1. The molecule has 0 fully saturated rings. The number of Topliss-reactive ketones (excluding diaryl/α,β-unsaturated/α-hetero) is 1. The van der Waals surface area contributed by atoms with Crippen LogP contribution in [0.4, 0.5) is 0 Å². The van der Waals surface area contributed by atoms with Crippen LogP contribution in [-0.2, 0) is 26.2 Å². The van der Waals surface area contributed by atoms with Crippen LogP contribution in [0.3, 0.4) is 0 Å². The fraction of sp³-hybridized carbons (Fsp3) is 0.375.